The summed E-state index contributed by atoms with van der Waals surface area (Å²) in [5, 5.41) is 3.30. The number of rotatable bonds is 12. The van der Waals surface area contributed by atoms with E-state index in [1.165, 1.54) is 37.2 Å². The number of amides is 2. The van der Waals surface area contributed by atoms with E-state index in [0.717, 1.165) is 10.4 Å². The Morgan fingerprint density at radius 1 is 1.03 bits per heavy atom. The topological polar surface area (TPSA) is 90.0 Å². The van der Waals surface area contributed by atoms with Crippen molar-refractivity contribution in [1.29, 1.82) is 0 Å². The molecule has 2 rings (SSSR count). The predicted molar refractivity (Wildman–Crippen MR) is 140 cm³/mol. The van der Waals surface area contributed by atoms with Crippen LogP contribution in [-0.2, 0) is 26.3 Å². The molecule has 2 aromatic carbocycles. The third kappa shape index (κ3) is 7.18. The normalized spacial score (nSPS) is 13.2. The fourth-order valence-corrected chi connectivity index (χ4v) is 4.79. The predicted octanol–water partition coefficient (Wildman–Crippen LogP) is 3.81. The van der Waals surface area contributed by atoms with Crippen LogP contribution in [0.5, 0.6) is 0 Å². The molecule has 0 aliphatic carbocycles. The van der Waals surface area contributed by atoms with Gasteiger partial charge in [0.25, 0.3) is 0 Å². The zero-order valence-corrected chi connectivity index (χ0v) is 22.8. The summed E-state index contributed by atoms with van der Waals surface area (Å²) < 4.78 is 42.6. The van der Waals surface area contributed by atoms with Gasteiger partial charge < -0.3 is 10.2 Å². The summed E-state index contributed by atoms with van der Waals surface area (Å²) in [6.45, 7) is 4.81. The van der Waals surface area contributed by atoms with Crippen LogP contribution >= 0.6 is 11.6 Å². The number of benzene rings is 2. The highest BCUT2D eigenvalue weighted by atomic mass is 35.5. The Hall–Kier alpha value is -2.69. The number of carbonyl (C=O) groups excluding carboxylic acids is 2. The van der Waals surface area contributed by atoms with Crippen molar-refractivity contribution in [3.63, 3.8) is 0 Å². The molecule has 2 atom stereocenters. The van der Waals surface area contributed by atoms with Gasteiger partial charge in [-0.1, -0.05) is 55.8 Å². The van der Waals surface area contributed by atoms with Gasteiger partial charge in [-0.05, 0) is 43.5 Å². The van der Waals surface area contributed by atoms with E-state index in [1.54, 1.807) is 31.2 Å². The molecule has 1 N–H and O–H groups in total. The van der Waals surface area contributed by atoms with Crippen LogP contribution < -0.4 is 9.62 Å². The van der Waals surface area contributed by atoms with Gasteiger partial charge in [-0.2, -0.15) is 12.7 Å². The molecule has 198 valence electrons. The number of halogens is 2. The molecule has 0 spiro atoms. The molecule has 0 saturated heterocycles. The summed E-state index contributed by atoms with van der Waals surface area (Å²) in [4.78, 5) is 28.2. The largest absolute Gasteiger partial charge is 0.352 e. The van der Waals surface area contributed by atoms with Crippen LogP contribution in [0.25, 0.3) is 0 Å². The standard InChI is InChI=1S/C25H34ClFN4O4S/c1-6-18(3)28-25(33)22(7-2)30(16-19-12-8-9-13-20(19)26)24(32)17-31(36(34,35)29(4)5)23-15-11-10-14-21(23)27/h8-15,18,22H,6-7,16-17H2,1-5H3,(H,28,33)/t18-,22+/m1/s1. The maximum Gasteiger partial charge on any atom is 0.304 e. The second kappa shape index (κ2) is 13.0. The van der Waals surface area contributed by atoms with E-state index >= 15 is 0 Å². The van der Waals surface area contributed by atoms with Gasteiger partial charge in [0.05, 0.1) is 5.69 Å². The van der Waals surface area contributed by atoms with Crippen molar-refractivity contribution in [1.82, 2.24) is 14.5 Å². The number of nitrogens with one attached hydrogen (secondary N) is 1. The zero-order valence-electron chi connectivity index (χ0n) is 21.2. The molecule has 36 heavy (non-hydrogen) atoms. The van der Waals surface area contributed by atoms with E-state index in [-0.39, 0.29) is 30.6 Å². The lowest BCUT2D eigenvalue weighted by Gasteiger charge is -2.34. The Kier molecular flexibility index (Phi) is 10.7. The van der Waals surface area contributed by atoms with Crippen LogP contribution in [-0.4, -0.2) is 62.2 Å². The third-order valence-electron chi connectivity index (χ3n) is 5.83. The first-order chi connectivity index (χ1) is 16.9. The van der Waals surface area contributed by atoms with E-state index in [9.17, 15) is 22.4 Å². The molecule has 0 aromatic heterocycles. The van der Waals surface area contributed by atoms with Gasteiger partial charge in [-0.3, -0.25) is 9.59 Å². The molecule has 0 heterocycles. The number of para-hydroxylation sites is 1. The number of carbonyl (C=O) groups is 2. The van der Waals surface area contributed by atoms with Crippen molar-refractivity contribution in [2.75, 3.05) is 24.9 Å². The fraction of sp³-hybridized carbons (Fsp3) is 0.440. The third-order valence-corrected chi connectivity index (χ3v) is 8.00. The highest BCUT2D eigenvalue weighted by Crippen LogP contribution is 2.25. The van der Waals surface area contributed by atoms with Crippen LogP contribution in [0.15, 0.2) is 48.5 Å². The molecule has 8 nitrogen and oxygen atoms in total. The van der Waals surface area contributed by atoms with E-state index in [0.29, 0.717) is 21.3 Å². The molecule has 0 aliphatic heterocycles. The van der Waals surface area contributed by atoms with Gasteiger partial charge in [-0.15, -0.1) is 0 Å². The Morgan fingerprint density at radius 2 is 1.64 bits per heavy atom. The van der Waals surface area contributed by atoms with E-state index in [2.05, 4.69) is 5.32 Å². The quantitative estimate of drug-likeness (QED) is 0.443. The van der Waals surface area contributed by atoms with E-state index in [4.69, 9.17) is 11.6 Å². The van der Waals surface area contributed by atoms with Crippen molar-refractivity contribution >= 4 is 39.3 Å². The van der Waals surface area contributed by atoms with E-state index in [1.807, 2.05) is 13.8 Å². The second-order valence-corrected chi connectivity index (χ2v) is 11.1. The molecular formula is C25H34ClFN4O4S. The average Bonchev–Trinajstić information content (AvgIpc) is 2.83. The Morgan fingerprint density at radius 3 is 2.19 bits per heavy atom. The average molecular weight is 541 g/mol. The van der Waals surface area contributed by atoms with E-state index < -0.39 is 34.5 Å². The summed E-state index contributed by atoms with van der Waals surface area (Å²) >= 11 is 6.34. The maximum atomic E-state index is 14.7. The molecule has 11 heteroatoms. The van der Waals surface area contributed by atoms with Crippen molar-refractivity contribution in [3.05, 3.63) is 64.9 Å². The number of nitrogens with zero attached hydrogens (tertiary/aromatic N) is 3. The lowest BCUT2D eigenvalue weighted by Crippen LogP contribution is -2.54. The Balaban J connectivity index is 2.54. The van der Waals surface area contributed by atoms with Crippen molar-refractivity contribution in [2.45, 2.75) is 52.2 Å². The SMILES string of the molecule is CC[C@@H](C)NC(=O)[C@H](CC)N(Cc1ccccc1Cl)C(=O)CN(c1ccccc1F)S(=O)(=O)N(C)C. The molecule has 0 unspecified atom stereocenters. The van der Waals surface area contributed by atoms with Crippen LogP contribution in [0.3, 0.4) is 0 Å². The second-order valence-electron chi connectivity index (χ2n) is 8.60. The van der Waals surface area contributed by atoms with Gasteiger partial charge in [0.15, 0.2) is 0 Å². The molecule has 0 bridgehead atoms. The molecular weight excluding hydrogens is 507 g/mol. The Bertz CT molecular complexity index is 1160. The number of hydrogen-bond acceptors (Lipinski definition) is 4. The van der Waals surface area contributed by atoms with Crippen LogP contribution in [0, 0.1) is 5.82 Å². The van der Waals surface area contributed by atoms with Crippen molar-refractivity contribution in [2.24, 2.45) is 0 Å². The summed E-state index contributed by atoms with van der Waals surface area (Å²) in [5.41, 5.74) is 0.324. The lowest BCUT2D eigenvalue weighted by atomic mass is 10.1. The van der Waals surface area contributed by atoms with Crippen LogP contribution in [0.1, 0.15) is 39.2 Å². The lowest BCUT2D eigenvalue weighted by molar-refractivity contribution is -0.140. The molecule has 2 aromatic rings. The first-order valence-corrected chi connectivity index (χ1v) is 13.5. The fourth-order valence-electron chi connectivity index (χ4n) is 3.53. The minimum absolute atomic E-state index is 0.0297. The molecule has 0 saturated carbocycles. The van der Waals surface area contributed by atoms with Crippen molar-refractivity contribution in [3.8, 4) is 0 Å². The van der Waals surface area contributed by atoms with Crippen LogP contribution in [0.4, 0.5) is 10.1 Å². The minimum Gasteiger partial charge on any atom is -0.352 e. The molecule has 2 amide bonds. The first kappa shape index (κ1) is 29.5. The summed E-state index contributed by atoms with van der Waals surface area (Å²) in [6.07, 6.45) is 0.974. The maximum absolute atomic E-state index is 14.7. The minimum atomic E-state index is -4.25. The highest BCUT2D eigenvalue weighted by Gasteiger charge is 2.35. The zero-order chi connectivity index (χ0) is 27.0. The van der Waals surface area contributed by atoms with Gasteiger partial charge in [0.1, 0.15) is 18.4 Å². The van der Waals surface area contributed by atoms with Crippen LogP contribution in [0.2, 0.25) is 5.02 Å². The molecule has 0 radical (unpaired) electrons. The molecule has 0 aliphatic rings. The monoisotopic (exact) mass is 540 g/mol. The number of hydrogen-bond donors (Lipinski definition) is 1. The Labute approximate surface area is 218 Å². The number of anilines is 1. The smallest absolute Gasteiger partial charge is 0.304 e. The van der Waals surface area contributed by atoms with Gasteiger partial charge in [0, 0.05) is 31.7 Å². The van der Waals surface area contributed by atoms with Gasteiger partial charge in [0.2, 0.25) is 11.8 Å². The first-order valence-electron chi connectivity index (χ1n) is 11.7. The summed E-state index contributed by atoms with van der Waals surface area (Å²) in [5.74, 6) is -1.83. The van der Waals surface area contributed by atoms with Crippen molar-refractivity contribution < 1.29 is 22.4 Å². The summed E-state index contributed by atoms with van der Waals surface area (Å²) in [7, 11) is -1.66. The van der Waals surface area contributed by atoms with Gasteiger partial charge >= 0.3 is 10.2 Å². The molecule has 0 fully saturated rings. The van der Waals surface area contributed by atoms with Gasteiger partial charge in [-0.25, -0.2) is 8.70 Å². The summed E-state index contributed by atoms with van der Waals surface area (Å²) in [6, 6.07) is 11.2. The highest BCUT2D eigenvalue weighted by molar-refractivity contribution is 7.90.